The number of nitrogens with zero attached hydrogens (tertiary/aromatic N) is 1. The molecule has 0 aliphatic carbocycles. The fourth-order valence-corrected chi connectivity index (χ4v) is 2.83. The molecule has 2 rings (SSSR count). The first-order valence-electron chi connectivity index (χ1n) is 6.63. The van der Waals surface area contributed by atoms with Crippen LogP contribution in [-0.2, 0) is 9.53 Å². The molecular formula is C13H24ClNO2. The van der Waals surface area contributed by atoms with Gasteiger partial charge in [0.15, 0.2) is 0 Å². The number of hydrogen-bond acceptors (Lipinski definition) is 3. The Morgan fingerprint density at radius 3 is 2.59 bits per heavy atom. The molecule has 2 fully saturated rings. The average Bonchev–Trinajstić information content (AvgIpc) is 2.29. The van der Waals surface area contributed by atoms with Crippen LogP contribution in [0.25, 0.3) is 0 Å². The Morgan fingerprint density at radius 1 is 1.18 bits per heavy atom. The maximum absolute atomic E-state index is 11.6. The molecule has 0 spiro atoms. The lowest BCUT2D eigenvalue weighted by atomic mass is 9.90. The summed E-state index contributed by atoms with van der Waals surface area (Å²) in [6.45, 7) is 6.20. The molecule has 2 atom stereocenters. The fraction of sp³-hybridized carbons (Fsp3) is 0.923. The molecule has 0 saturated carbocycles. The van der Waals surface area contributed by atoms with Gasteiger partial charge in [-0.1, -0.05) is 20.3 Å². The van der Waals surface area contributed by atoms with E-state index in [-0.39, 0.29) is 30.4 Å². The zero-order valence-electron chi connectivity index (χ0n) is 10.9. The van der Waals surface area contributed by atoms with Crippen molar-refractivity contribution in [3.05, 3.63) is 0 Å². The largest absolute Gasteiger partial charge is 0.461 e. The summed E-state index contributed by atoms with van der Waals surface area (Å²) < 4.78 is 5.64. The van der Waals surface area contributed by atoms with Crippen molar-refractivity contribution in [3.8, 4) is 0 Å². The van der Waals surface area contributed by atoms with Crippen molar-refractivity contribution >= 4 is 18.4 Å². The quantitative estimate of drug-likeness (QED) is 0.716. The number of ether oxygens (including phenoxy) is 1. The average molecular weight is 262 g/mol. The SMILES string of the molecule is CC(C)C(=O)O[C@@H]1CCCN2CCCC[C@H]12.Cl. The number of carbonyl (C=O) groups is 1. The highest BCUT2D eigenvalue weighted by molar-refractivity contribution is 5.85. The molecule has 4 heteroatoms. The summed E-state index contributed by atoms with van der Waals surface area (Å²) in [4.78, 5) is 14.2. The zero-order valence-corrected chi connectivity index (χ0v) is 11.7. The van der Waals surface area contributed by atoms with Gasteiger partial charge in [-0.3, -0.25) is 9.69 Å². The molecule has 2 aliphatic heterocycles. The molecule has 17 heavy (non-hydrogen) atoms. The molecule has 0 bridgehead atoms. The van der Waals surface area contributed by atoms with Crippen molar-refractivity contribution in [2.75, 3.05) is 13.1 Å². The van der Waals surface area contributed by atoms with E-state index in [1.165, 1.54) is 38.8 Å². The lowest BCUT2D eigenvalue weighted by molar-refractivity contribution is -0.160. The van der Waals surface area contributed by atoms with Crippen molar-refractivity contribution in [1.29, 1.82) is 0 Å². The third-order valence-corrected chi connectivity index (χ3v) is 3.77. The maximum atomic E-state index is 11.6. The molecule has 100 valence electrons. The van der Waals surface area contributed by atoms with Crippen LogP contribution in [0.5, 0.6) is 0 Å². The molecule has 3 nitrogen and oxygen atoms in total. The minimum absolute atomic E-state index is 0. The molecular weight excluding hydrogens is 238 g/mol. The van der Waals surface area contributed by atoms with Gasteiger partial charge in [0.2, 0.25) is 0 Å². The van der Waals surface area contributed by atoms with Crippen LogP contribution in [0.15, 0.2) is 0 Å². The van der Waals surface area contributed by atoms with Crippen LogP contribution >= 0.6 is 12.4 Å². The molecule has 0 amide bonds. The molecule has 2 aliphatic rings. The highest BCUT2D eigenvalue weighted by Gasteiger charge is 2.35. The van der Waals surface area contributed by atoms with Gasteiger partial charge >= 0.3 is 5.97 Å². The van der Waals surface area contributed by atoms with Gasteiger partial charge in [0, 0.05) is 6.04 Å². The Bertz CT molecular complexity index is 256. The summed E-state index contributed by atoms with van der Waals surface area (Å²) in [5.41, 5.74) is 0. The van der Waals surface area contributed by atoms with Crippen molar-refractivity contribution in [2.45, 2.75) is 58.1 Å². The first-order chi connectivity index (χ1) is 7.68. The topological polar surface area (TPSA) is 29.5 Å². The van der Waals surface area contributed by atoms with E-state index in [0.717, 1.165) is 6.42 Å². The summed E-state index contributed by atoms with van der Waals surface area (Å²) in [7, 11) is 0. The molecule has 0 unspecified atom stereocenters. The monoisotopic (exact) mass is 261 g/mol. The van der Waals surface area contributed by atoms with Gasteiger partial charge in [-0.2, -0.15) is 0 Å². The van der Waals surface area contributed by atoms with Crippen LogP contribution in [-0.4, -0.2) is 36.1 Å². The van der Waals surface area contributed by atoms with Gasteiger partial charge in [-0.25, -0.2) is 0 Å². The fourth-order valence-electron chi connectivity index (χ4n) is 2.83. The van der Waals surface area contributed by atoms with Crippen LogP contribution in [0.4, 0.5) is 0 Å². The van der Waals surface area contributed by atoms with Gasteiger partial charge in [0.25, 0.3) is 0 Å². The first-order valence-corrected chi connectivity index (χ1v) is 6.63. The van der Waals surface area contributed by atoms with Crippen LogP contribution in [0.1, 0.15) is 46.0 Å². The van der Waals surface area contributed by atoms with Crippen molar-refractivity contribution in [2.24, 2.45) is 5.92 Å². The second kappa shape index (κ2) is 6.60. The Morgan fingerprint density at radius 2 is 1.88 bits per heavy atom. The van der Waals surface area contributed by atoms with E-state index in [2.05, 4.69) is 4.90 Å². The molecule has 2 heterocycles. The summed E-state index contributed by atoms with van der Waals surface area (Å²) in [5.74, 6) is -0.0311. The highest BCUT2D eigenvalue weighted by atomic mass is 35.5. The highest BCUT2D eigenvalue weighted by Crippen LogP contribution is 2.28. The molecule has 0 radical (unpaired) electrons. The number of hydrogen-bond donors (Lipinski definition) is 0. The minimum Gasteiger partial charge on any atom is -0.461 e. The van der Waals surface area contributed by atoms with E-state index in [0.29, 0.717) is 6.04 Å². The van der Waals surface area contributed by atoms with Gasteiger partial charge < -0.3 is 4.74 Å². The van der Waals surface area contributed by atoms with Crippen LogP contribution in [0.3, 0.4) is 0 Å². The predicted molar refractivity (Wildman–Crippen MR) is 70.4 cm³/mol. The summed E-state index contributed by atoms with van der Waals surface area (Å²) in [6, 6.07) is 0.505. The predicted octanol–water partition coefficient (Wildman–Crippen LogP) is 2.62. The van der Waals surface area contributed by atoms with Crippen molar-refractivity contribution in [3.63, 3.8) is 0 Å². The number of halogens is 1. The van der Waals surface area contributed by atoms with E-state index in [1.54, 1.807) is 0 Å². The number of piperidine rings is 2. The normalized spacial score (nSPS) is 29.4. The summed E-state index contributed by atoms with van der Waals surface area (Å²) >= 11 is 0. The molecule has 0 N–H and O–H groups in total. The van der Waals surface area contributed by atoms with E-state index in [4.69, 9.17) is 4.74 Å². The minimum atomic E-state index is -0.0302. The Kier molecular flexibility index (Phi) is 5.74. The molecule has 0 aromatic rings. The lowest BCUT2D eigenvalue weighted by Crippen LogP contribution is -2.52. The van der Waals surface area contributed by atoms with Gasteiger partial charge in [-0.05, 0) is 38.8 Å². The Hall–Kier alpha value is -0.280. The van der Waals surface area contributed by atoms with Crippen LogP contribution in [0, 0.1) is 5.92 Å². The molecule has 2 saturated heterocycles. The third-order valence-electron chi connectivity index (χ3n) is 3.77. The molecule has 0 aromatic heterocycles. The maximum Gasteiger partial charge on any atom is 0.308 e. The van der Waals surface area contributed by atoms with Gasteiger partial charge in [0.1, 0.15) is 6.10 Å². The standard InChI is InChI=1S/C13H23NO2.ClH/c1-10(2)13(15)16-12-7-5-9-14-8-4-3-6-11(12)14;/h10-12H,3-9H2,1-2H3;1H/t11-,12-;/m1./s1. The first kappa shape index (κ1) is 14.8. The van der Waals surface area contributed by atoms with Gasteiger partial charge in [0.05, 0.1) is 5.92 Å². The third kappa shape index (κ3) is 3.59. The molecule has 0 aromatic carbocycles. The summed E-state index contributed by atoms with van der Waals surface area (Å²) in [6.07, 6.45) is 6.18. The second-order valence-corrected chi connectivity index (χ2v) is 5.37. The lowest BCUT2D eigenvalue weighted by Gasteiger charge is -2.43. The van der Waals surface area contributed by atoms with E-state index >= 15 is 0 Å². The van der Waals surface area contributed by atoms with Crippen LogP contribution in [0.2, 0.25) is 0 Å². The number of carbonyl (C=O) groups excluding carboxylic acids is 1. The van der Waals surface area contributed by atoms with E-state index in [9.17, 15) is 4.79 Å². The number of esters is 1. The Labute approximate surface area is 110 Å². The number of fused-ring (bicyclic) bond motifs is 1. The smallest absolute Gasteiger partial charge is 0.308 e. The van der Waals surface area contributed by atoms with Gasteiger partial charge in [-0.15, -0.1) is 12.4 Å². The number of rotatable bonds is 2. The van der Waals surface area contributed by atoms with Crippen LogP contribution < -0.4 is 0 Å². The Balaban J connectivity index is 0.00000144. The summed E-state index contributed by atoms with van der Waals surface area (Å²) in [5, 5.41) is 0. The van der Waals surface area contributed by atoms with Crippen molar-refractivity contribution < 1.29 is 9.53 Å². The van der Waals surface area contributed by atoms with E-state index < -0.39 is 0 Å². The second-order valence-electron chi connectivity index (χ2n) is 5.37. The van der Waals surface area contributed by atoms with E-state index in [1.807, 2.05) is 13.8 Å². The van der Waals surface area contributed by atoms with Crippen molar-refractivity contribution in [1.82, 2.24) is 4.90 Å². The zero-order chi connectivity index (χ0) is 11.5.